The Morgan fingerprint density at radius 3 is 2.89 bits per heavy atom. The first-order valence-corrected chi connectivity index (χ1v) is 6.62. The molecule has 2 atom stereocenters. The standard InChI is InChI=1S/C16H18O2/c1-2-16-7-5-11-9-12(17)3-4-14(11)15(16)10-13(18)6-8-16/h2-4,9,15,17H,1,5-8,10H2/t15-,16+/m1/s1. The van der Waals surface area contributed by atoms with E-state index in [0.717, 1.165) is 19.3 Å². The predicted octanol–water partition coefficient (Wildman–Crippen LogP) is 3.35. The van der Waals surface area contributed by atoms with Crippen LogP contribution >= 0.6 is 0 Å². The lowest BCUT2D eigenvalue weighted by Crippen LogP contribution is -2.37. The second kappa shape index (κ2) is 3.98. The molecule has 0 aromatic heterocycles. The van der Waals surface area contributed by atoms with Gasteiger partial charge in [0.05, 0.1) is 0 Å². The molecule has 0 aliphatic heterocycles. The summed E-state index contributed by atoms with van der Waals surface area (Å²) in [5.74, 6) is 0.945. The normalized spacial score (nSPS) is 30.4. The van der Waals surface area contributed by atoms with Crippen molar-refractivity contribution in [1.29, 1.82) is 0 Å². The molecule has 94 valence electrons. The highest BCUT2D eigenvalue weighted by Gasteiger charge is 2.44. The van der Waals surface area contributed by atoms with Crippen molar-refractivity contribution in [1.82, 2.24) is 0 Å². The Kier molecular flexibility index (Phi) is 2.54. The zero-order valence-corrected chi connectivity index (χ0v) is 10.5. The molecule has 1 fully saturated rings. The first-order chi connectivity index (χ1) is 8.64. The van der Waals surface area contributed by atoms with Crippen LogP contribution in [0.1, 0.15) is 42.7 Å². The van der Waals surface area contributed by atoms with Crippen LogP contribution in [0.2, 0.25) is 0 Å². The van der Waals surface area contributed by atoms with E-state index in [1.165, 1.54) is 11.1 Å². The van der Waals surface area contributed by atoms with E-state index in [1.807, 2.05) is 12.1 Å². The number of fused-ring (bicyclic) bond motifs is 3. The molecule has 3 rings (SSSR count). The number of hydrogen-bond acceptors (Lipinski definition) is 2. The smallest absolute Gasteiger partial charge is 0.133 e. The number of rotatable bonds is 1. The topological polar surface area (TPSA) is 37.3 Å². The van der Waals surface area contributed by atoms with E-state index in [0.29, 0.717) is 24.4 Å². The number of carbonyl (C=O) groups is 1. The number of phenolic OH excluding ortho intramolecular Hbond substituents is 1. The summed E-state index contributed by atoms with van der Waals surface area (Å²) < 4.78 is 0. The van der Waals surface area contributed by atoms with Gasteiger partial charge in [0.1, 0.15) is 11.5 Å². The van der Waals surface area contributed by atoms with Crippen molar-refractivity contribution in [2.45, 2.75) is 38.0 Å². The maximum Gasteiger partial charge on any atom is 0.133 e. The van der Waals surface area contributed by atoms with E-state index in [2.05, 4.69) is 12.7 Å². The van der Waals surface area contributed by atoms with Crippen LogP contribution in [-0.2, 0) is 11.2 Å². The number of hydrogen-bond donors (Lipinski definition) is 1. The van der Waals surface area contributed by atoms with E-state index in [4.69, 9.17) is 0 Å². The van der Waals surface area contributed by atoms with Crippen molar-refractivity contribution < 1.29 is 9.90 Å². The fourth-order valence-electron chi connectivity index (χ4n) is 3.66. The minimum absolute atomic E-state index is 0.0951. The molecule has 18 heavy (non-hydrogen) atoms. The van der Waals surface area contributed by atoms with Crippen LogP contribution in [0.4, 0.5) is 0 Å². The summed E-state index contributed by atoms with van der Waals surface area (Å²) in [7, 11) is 0. The van der Waals surface area contributed by atoms with Crippen LogP contribution in [0, 0.1) is 5.41 Å². The molecule has 2 heteroatoms. The predicted molar refractivity (Wildman–Crippen MR) is 70.7 cm³/mol. The monoisotopic (exact) mass is 242 g/mol. The number of carbonyl (C=O) groups excluding carboxylic acids is 1. The van der Waals surface area contributed by atoms with Crippen LogP contribution < -0.4 is 0 Å². The fourth-order valence-corrected chi connectivity index (χ4v) is 3.66. The molecule has 0 saturated heterocycles. The van der Waals surface area contributed by atoms with Crippen molar-refractivity contribution in [2.75, 3.05) is 0 Å². The number of benzene rings is 1. The van der Waals surface area contributed by atoms with Gasteiger partial charge in [0, 0.05) is 18.8 Å². The SMILES string of the molecule is C=C[C@]12CCC(=O)C[C@@H]1c1ccc(O)cc1CC2. The van der Waals surface area contributed by atoms with Crippen molar-refractivity contribution in [3.8, 4) is 5.75 Å². The molecule has 0 spiro atoms. The fraction of sp³-hybridized carbons (Fsp3) is 0.438. The third-order valence-corrected chi connectivity index (χ3v) is 4.76. The maximum atomic E-state index is 11.8. The minimum atomic E-state index is 0.0951. The Morgan fingerprint density at radius 1 is 1.33 bits per heavy atom. The molecule has 1 N–H and O–H groups in total. The van der Waals surface area contributed by atoms with E-state index >= 15 is 0 Å². The summed E-state index contributed by atoms with van der Waals surface area (Å²) in [5.41, 5.74) is 2.54. The third kappa shape index (κ3) is 1.59. The summed E-state index contributed by atoms with van der Waals surface area (Å²) in [4.78, 5) is 11.8. The van der Waals surface area contributed by atoms with Gasteiger partial charge in [-0.1, -0.05) is 12.1 Å². The minimum Gasteiger partial charge on any atom is -0.508 e. The molecular formula is C16H18O2. The van der Waals surface area contributed by atoms with Crippen LogP contribution in [-0.4, -0.2) is 10.9 Å². The van der Waals surface area contributed by atoms with Gasteiger partial charge in [0.2, 0.25) is 0 Å². The molecule has 0 radical (unpaired) electrons. The summed E-state index contributed by atoms with van der Waals surface area (Å²) in [6.07, 6.45) is 6.34. The second-order valence-corrected chi connectivity index (χ2v) is 5.62. The van der Waals surface area contributed by atoms with E-state index in [9.17, 15) is 9.90 Å². The van der Waals surface area contributed by atoms with Gasteiger partial charge >= 0.3 is 0 Å². The summed E-state index contributed by atoms with van der Waals surface area (Å²) >= 11 is 0. The summed E-state index contributed by atoms with van der Waals surface area (Å²) in [6.45, 7) is 4.01. The molecule has 2 nitrogen and oxygen atoms in total. The van der Waals surface area contributed by atoms with E-state index < -0.39 is 0 Å². The Bertz CT molecular complexity index is 518. The quantitative estimate of drug-likeness (QED) is 0.767. The van der Waals surface area contributed by atoms with Gasteiger partial charge in [0.15, 0.2) is 0 Å². The van der Waals surface area contributed by atoms with E-state index in [1.54, 1.807) is 6.07 Å². The lowest BCUT2D eigenvalue weighted by Gasteiger charge is -2.46. The molecule has 1 saturated carbocycles. The molecule has 2 aliphatic carbocycles. The highest BCUT2D eigenvalue weighted by atomic mass is 16.3. The number of phenols is 1. The number of Topliss-reactive ketones (excluding diaryl/α,β-unsaturated/α-hetero) is 1. The zero-order valence-electron chi connectivity index (χ0n) is 10.5. The van der Waals surface area contributed by atoms with Gasteiger partial charge < -0.3 is 5.11 Å². The average molecular weight is 242 g/mol. The number of allylic oxidation sites excluding steroid dienone is 1. The molecule has 1 aromatic carbocycles. The van der Waals surface area contributed by atoms with Crippen LogP contribution in [0.15, 0.2) is 30.9 Å². The Morgan fingerprint density at radius 2 is 2.11 bits per heavy atom. The van der Waals surface area contributed by atoms with Gasteiger partial charge in [-0.3, -0.25) is 4.79 Å². The third-order valence-electron chi connectivity index (χ3n) is 4.76. The molecular weight excluding hydrogens is 224 g/mol. The van der Waals surface area contributed by atoms with Gasteiger partial charge in [-0.15, -0.1) is 6.58 Å². The molecule has 0 heterocycles. The van der Waals surface area contributed by atoms with Gasteiger partial charge in [-0.2, -0.15) is 0 Å². The molecule has 0 unspecified atom stereocenters. The van der Waals surface area contributed by atoms with Crippen LogP contribution in [0.5, 0.6) is 5.75 Å². The zero-order chi connectivity index (χ0) is 12.8. The number of aryl methyl sites for hydroxylation is 1. The lowest BCUT2D eigenvalue weighted by molar-refractivity contribution is -0.122. The number of aromatic hydroxyl groups is 1. The van der Waals surface area contributed by atoms with Crippen molar-refractivity contribution in [2.24, 2.45) is 5.41 Å². The first kappa shape index (κ1) is 11.5. The Labute approximate surface area is 107 Å². The first-order valence-electron chi connectivity index (χ1n) is 6.62. The largest absolute Gasteiger partial charge is 0.508 e. The second-order valence-electron chi connectivity index (χ2n) is 5.62. The molecule has 1 aromatic rings. The highest BCUT2D eigenvalue weighted by molar-refractivity contribution is 5.81. The number of ketones is 1. The molecule has 2 aliphatic rings. The van der Waals surface area contributed by atoms with Crippen LogP contribution in [0.3, 0.4) is 0 Å². The van der Waals surface area contributed by atoms with Crippen molar-refractivity contribution in [3.05, 3.63) is 42.0 Å². The summed E-state index contributed by atoms with van der Waals surface area (Å²) in [5, 5.41) is 9.57. The molecule has 0 amide bonds. The maximum absolute atomic E-state index is 11.8. The van der Waals surface area contributed by atoms with Crippen LogP contribution in [0.25, 0.3) is 0 Å². The molecule has 0 bridgehead atoms. The van der Waals surface area contributed by atoms with Gasteiger partial charge in [0.25, 0.3) is 0 Å². The summed E-state index contributed by atoms with van der Waals surface area (Å²) in [6, 6.07) is 5.57. The Hall–Kier alpha value is -1.57. The van der Waals surface area contributed by atoms with Gasteiger partial charge in [-0.25, -0.2) is 0 Å². The van der Waals surface area contributed by atoms with Crippen molar-refractivity contribution in [3.63, 3.8) is 0 Å². The van der Waals surface area contributed by atoms with Gasteiger partial charge in [-0.05, 0) is 47.9 Å². The van der Waals surface area contributed by atoms with E-state index in [-0.39, 0.29) is 11.3 Å². The average Bonchev–Trinajstić information content (AvgIpc) is 2.38. The lowest BCUT2D eigenvalue weighted by atomic mass is 9.57. The highest BCUT2D eigenvalue weighted by Crippen LogP contribution is 2.54. The Balaban J connectivity index is 2.09. The van der Waals surface area contributed by atoms with Crippen molar-refractivity contribution >= 4 is 5.78 Å².